The van der Waals surface area contributed by atoms with Crippen molar-refractivity contribution >= 4 is 22.4 Å². The average molecular weight is 302 g/mol. The summed E-state index contributed by atoms with van der Waals surface area (Å²) in [6.45, 7) is 0. The molecular weight excluding hydrogens is 284 g/mol. The number of anilines is 1. The van der Waals surface area contributed by atoms with E-state index in [-0.39, 0.29) is 5.91 Å². The molecule has 0 bridgehead atoms. The summed E-state index contributed by atoms with van der Waals surface area (Å²) >= 11 is 1.64. The highest BCUT2D eigenvalue weighted by Gasteiger charge is 2.21. The number of thiazole rings is 1. The van der Waals surface area contributed by atoms with Crippen molar-refractivity contribution in [1.82, 2.24) is 4.98 Å². The molecule has 1 amide bonds. The fourth-order valence-electron chi connectivity index (χ4n) is 2.50. The zero-order valence-electron chi connectivity index (χ0n) is 12.3. The van der Waals surface area contributed by atoms with Crippen molar-refractivity contribution in [3.8, 4) is 5.75 Å². The van der Waals surface area contributed by atoms with E-state index in [4.69, 9.17) is 4.74 Å². The molecule has 1 aliphatic carbocycles. The second-order valence-electron chi connectivity index (χ2n) is 5.17. The third-order valence-electron chi connectivity index (χ3n) is 3.76. The number of ether oxygens (including phenoxy) is 1. The van der Waals surface area contributed by atoms with E-state index in [1.54, 1.807) is 54.7 Å². The lowest BCUT2D eigenvalue weighted by Crippen LogP contribution is -2.26. The number of nitrogens with zero attached hydrogens (tertiary/aromatic N) is 2. The van der Waals surface area contributed by atoms with E-state index >= 15 is 0 Å². The van der Waals surface area contributed by atoms with Gasteiger partial charge in [0.05, 0.1) is 12.8 Å². The van der Waals surface area contributed by atoms with Crippen LogP contribution >= 0.6 is 11.3 Å². The first kappa shape index (κ1) is 14.1. The van der Waals surface area contributed by atoms with Gasteiger partial charge in [0, 0.05) is 17.5 Å². The van der Waals surface area contributed by atoms with Gasteiger partial charge >= 0.3 is 0 Å². The Kier molecular flexibility index (Phi) is 3.92. The van der Waals surface area contributed by atoms with Gasteiger partial charge in [0.2, 0.25) is 0 Å². The monoisotopic (exact) mass is 302 g/mol. The predicted octanol–water partition coefficient (Wildman–Crippen LogP) is 3.31. The standard InChI is InChI=1S/C16H18N2O2S/c1-18(15(19)11-7-9-12(20-2)10-8-11)16-17-13-5-3-4-6-14(13)21-16/h7-10H,3-6H2,1-2H3. The van der Waals surface area contributed by atoms with Gasteiger partial charge in [-0.2, -0.15) is 0 Å². The number of methoxy groups -OCH3 is 1. The maximum Gasteiger partial charge on any atom is 0.259 e. The number of fused-ring (bicyclic) bond motifs is 1. The summed E-state index contributed by atoms with van der Waals surface area (Å²) in [6.07, 6.45) is 4.56. The molecule has 2 aromatic rings. The fraction of sp³-hybridized carbons (Fsp3) is 0.375. The van der Waals surface area contributed by atoms with Crippen molar-refractivity contribution in [2.75, 3.05) is 19.1 Å². The molecule has 0 saturated carbocycles. The Morgan fingerprint density at radius 1 is 1.24 bits per heavy atom. The van der Waals surface area contributed by atoms with Gasteiger partial charge in [-0.15, -0.1) is 11.3 Å². The van der Waals surface area contributed by atoms with Gasteiger partial charge in [-0.05, 0) is 49.9 Å². The normalized spacial score (nSPS) is 13.6. The van der Waals surface area contributed by atoms with Crippen LogP contribution < -0.4 is 9.64 Å². The second-order valence-corrected chi connectivity index (χ2v) is 6.23. The number of hydrogen-bond donors (Lipinski definition) is 0. The van der Waals surface area contributed by atoms with Crippen molar-refractivity contribution in [1.29, 1.82) is 0 Å². The van der Waals surface area contributed by atoms with E-state index in [9.17, 15) is 4.79 Å². The zero-order valence-corrected chi connectivity index (χ0v) is 13.1. The Hall–Kier alpha value is -1.88. The Labute approximate surface area is 128 Å². The Morgan fingerprint density at radius 2 is 1.95 bits per heavy atom. The Balaban J connectivity index is 1.81. The first-order valence-electron chi connectivity index (χ1n) is 7.09. The molecule has 110 valence electrons. The molecule has 3 rings (SSSR count). The summed E-state index contributed by atoms with van der Waals surface area (Å²) in [5.41, 5.74) is 1.82. The van der Waals surface area contributed by atoms with Gasteiger partial charge in [0.1, 0.15) is 5.75 Å². The van der Waals surface area contributed by atoms with Crippen LogP contribution in [0.5, 0.6) is 5.75 Å². The number of rotatable bonds is 3. The molecule has 0 saturated heterocycles. The lowest BCUT2D eigenvalue weighted by molar-refractivity contribution is 0.0993. The van der Waals surface area contributed by atoms with Crippen LogP contribution in [0.2, 0.25) is 0 Å². The van der Waals surface area contributed by atoms with Gasteiger partial charge < -0.3 is 4.74 Å². The van der Waals surface area contributed by atoms with Crippen molar-refractivity contribution in [2.24, 2.45) is 0 Å². The molecule has 4 nitrogen and oxygen atoms in total. The summed E-state index contributed by atoms with van der Waals surface area (Å²) in [5, 5.41) is 0.794. The van der Waals surface area contributed by atoms with Crippen LogP contribution in [0.25, 0.3) is 0 Å². The smallest absolute Gasteiger partial charge is 0.259 e. The third-order valence-corrected chi connectivity index (χ3v) is 5.00. The van der Waals surface area contributed by atoms with E-state index in [0.717, 1.165) is 23.7 Å². The van der Waals surface area contributed by atoms with E-state index in [2.05, 4.69) is 4.98 Å². The number of hydrogen-bond acceptors (Lipinski definition) is 4. The number of amides is 1. The van der Waals surface area contributed by atoms with Crippen LogP contribution in [-0.4, -0.2) is 25.0 Å². The lowest BCUT2D eigenvalue weighted by Gasteiger charge is -2.13. The minimum Gasteiger partial charge on any atom is -0.497 e. The highest BCUT2D eigenvalue weighted by Crippen LogP contribution is 2.31. The van der Waals surface area contributed by atoms with Crippen molar-refractivity contribution in [2.45, 2.75) is 25.7 Å². The van der Waals surface area contributed by atoms with Crippen LogP contribution in [0.1, 0.15) is 33.8 Å². The summed E-state index contributed by atoms with van der Waals surface area (Å²) in [4.78, 5) is 20.1. The first-order chi connectivity index (χ1) is 10.2. The van der Waals surface area contributed by atoms with E-state index in [1.165, 1.54) is 23.4 Å². The maximum atomic E-state index is 12.5. The van der Waals surface area contributed by atoms with E-state index < -0.39 is 0 Å². The number of aryl methyl sites for hydroxylation is 2. The molecule has 0 spiro atoms. The molecule has 0 N–H and O–H groups in total. The predicted molar refractivity (Wildman–Crippen MR) is 84.5 cm³/mol. The Morgan fingerprint density at radius 3 is 2.62 bits per heavy atom. The first-order valence-corrected chi connectivity index (χ1v) is 7.91. The SMILES string of the molecule is COc1ccc(C(=O)N(C)c2nc3c(s2)CCCC3)cc1. The van der Waals surface area contributed by atoms with Crippen LogP contribution in [0, 0.1) is 0 Å². The quantitative estimate of drug-likeness (QED) is 0.873. The molecular formula is C16H18N2O2S. The van der Waals surface area contributed by atoms with Gasteiger partial charge in [0.25, 0.3) is 5.91 Å². The molecule has 0 unspecified atom stereocenters. The molecule has 0 atom stereocenters. The van der Waals surface area contributed by atoms with Crippen LogP contribution in [0.15, 0.2) is 24.3 Å². The van der Waals surface area contributed by atoms with Crippen LogP contribution in [-0.2, 0) is 12.8 Å². The van der Waals surface area contributed by atoms with Crippen LogP contribution in [0.4, 0.5) is 5.13 Å². The third kappa shape index (κ3) is 2.78. The topological polar surface area (TPSA) is 42.4 Å². The summed E-state index contributed by atoms with van der Waals surface area (Å²) in [7, 11) is 3.40. The van der Waals surface area contributed by atoms with Gasteiger partial charge in [-0.3, -0.25) is 9.69 Å². The maximum absolute atomic E-state index is 12.5. The molecule has 1 heterocycles. The van der Waals surface area contributed by atoms with Crippen molar-refractivity contribution in [3.63, 3.8) is 0 Å². The Bertz CT molecular complexity index is 625. The minimum atomic E-state index is -0.0382. The number of carbonyl (C=O) groups excluding carboxylic acids is 1. The highest BCUT2D eigenvalue weighted by atomic mass is 32.1. The van der Waals surface area contributed by atoms with Gasteiger partial charge in [-0.25, -0.2) is 4.98 Å². The van der Waals surface area contributed by atoms with Crippen molar-refractivity contribution in [3.05, 3.63) is 40.4 Å². The van der Waals surface area contributed by atoms with Crippen LogP contribution in [0.3, 0.4) is 0 Å². The lowest BCUT2D eigenvalue weighted by atomic mass is 10.0. The zero-order chi connectivity index (χ0) is 14.8. The molecule has 0 radical (unpaired) electrons. The summed E-state index contributed by atoms with van der Waals surface area (Å²) in [6, 6.07) is 7.16. The molecule has 0 fully saturated rings. The van der Waals surface area contributed by atoms with E-state index in [0.29, 0.717) is 5.56 Å². The summed E-state index contributed by atoms with van der Waals surface area (Å²) in [5.74, 6) is 0.711. The minimum absolute atomic E-state index is 0.0382. The second kappa shape index (κ2) is 5.85. The fourth-order valence-corrected chi connectivity index (χ4v) is 3.60. The van der Waals surface area contributed by atoms with E-state index in [1.807, 2.05) is 0 Å². The van der Waals surface area contributed by atoms with Gasteiger partial charge in [0.15, 0.2) is 5.13 Å². The molecule has 1 aromatic carbocycles. The summed E-state index contributed by atoms with van der Waals surface area (Å²) < 4.78 is 5.11. The largest absolute Gasteiger partial charge is 0.497 e. The number of carbonyl (C=O) groups is 1. The highest BCUT2D eigenvalue weighted by molar-refractivity contribution is 7.16. The van der Waals surface area contributed by atoms with Crippen molar-refractivity contribution < 1.29 is 9.53 Å². The molecule has 1 aromatic heterocycles. The molecule has 5 heteroatoms. The molecule has 1 aliphatic rings. The number of benzene rings is 1. The van der Waals surface area contributed by atoms with Gasteiger partial charge in [-0.1, -0.05) is 0 Å². The average Bonchev–Trinajstić information content (AvgIpc) is 2.97. The number of aromatic nitrogens is 1. The molecule has 21 heavy (non-hydrogen) atoms. The molecule has 0 aliphatic heterocycles.